The number of rotatable bonds is 5. The summed E-state index contributed by atoms with van der Waals surface area (Å²) in [5.74, 6) is 0.456. The van der Waals surface area contributed by atoms with E-state index in [0.717, 1.165) is 15.8 Å². The summed E-state index contributed by atoms with van der Waals surface area (Å²) in [6.07, 6.45) is 0. The van der Waals surface area contributed by atoms with E-state index >= 15 is 0 Å². The third-order valence-corrected chi connectivity index (χ3v) is 4.19. The van der Waals surface area contributed by atoms with Gasteiger partial charge in [0.2, 0.25) is 0 Å². The number of thioether (sulfide) groups is 1. The van der Waals surface area contributed by atoms with Crippen LogP contribution in [0.4, 0.5) is 0 Å². The van der Waals surface area contributed by atoms with Crippen molar-refractivity contribution < 1.29 is 14.6 Å². The summed E-state index contributed by atoms with van der Waals surface area (Å²) in [5.41, 5.74) is 1.63. The number of ether oxygens (including phenoxy) is 1. The Hall–Kier alpha value is -0.520. The smallest absolute Gasteiger partial charge is 0.337 e. The van der Waals surface area contributed by atoms with E-state index < -0.39 is 0 Å². The van der Waals surface area contributed by atoms with Crippen molar-refractivity contribution in [3.05, 3.63) is 33.8 Å². The van der Waals surface area contributed by atoms with Gasteiger partial charge in [0.25, 0.3) is 0 Å². The highest BCUT2D eigenvalue weighted by atomic mass is 79.9. The maximum atomic E-state index is 11.3. The molecule has 1 unspecified atom stereocenters. The van der Waals surface area contributed by atoms with Gasteiger partial charge in [0.05, 0.1) is 19.3 Å². The Morgan fingerprint density at radius 3 is 2.82 bits per heavy atom. The molecule has 0 amide bonds. The van der Waals surface area contributed by atoms with E-state index in [1.165, 1.54) is 7.11 Å². The number of benzene rings is 1. The summed E-state index contributed by atoms with van der Waals surface area (Å²) in [6.45, 7) is 2.14. The molecule has 0 bridgehead atoms. The molecule has 3 nitrogen and oxygen atoms in total. The fourth-order valence-corrected chi connectivity index (χ4v) is 2.72. The van der Waals surface area contributed by atoms with Gasteiger partial charge in [0, 0.05) is 15.5 Å². The number of aliphatic hydroxyl groups excluding tert-OH is 1. The molecule has 5 heteroatoms. The van der Waals surface area contributed by atoms with E-state index in [2.05, 4.69) is 20.7 Å². The Bertz CT molecular complexity index is 395. The Labute approximate surface area is 114 Å². The van der Waals surface area contributed by atoms with Gasteiger partial charge in [-0.2, -0.15) is 11.8 Å². The Balaban J connectivity index is 2.73. The van der Waals surface area contributed by atoms with Gasteiger partial charge in [-0.25, -0.2) is 4.79 Å². The lowest BCUT2D eigenvalue weighted by Crippen LogP contribution is -2.04. The minimum atomic E-state index is -0.339. The van der Waals surface area contributed by atoms with E-state index in [4.69, 9.17) is 5.11 Å². The quantitative estimate of drug-likeness (QED) is 0.848. The van der Waals surface area contributed by atoms with E-state index in [0.29, 0.717) is 5.56 Å². The second-order valence-electron chi connectivity index (χ2n) is 3.60. The van der Waals surface area contributed by atoms with Gasteiger partial charge in [-0.3, -0.25) is 0 Å². The first-order valence-corrected chi connectivity index (χ1v) is 7.02. The predicted octanol–water partition coefficient (Wildman–Crippen LogP) is 2.85. The van der Waals surface area contributed by atoms with Crippen molar-refractivity contribution in [1.29, 1.82) is 0 Å². The van der Waals surface area contributed by atoms with Crippen molar-refractivity contribution in [3.63, 3.8) is 0 Å². The Morgan fingerprint density at radius 1 is 1.59 bits per heavy atom. The SMILES string of the molecule is COC(=O)c1ccc(CSC(C)CO)c(Br)c1. The Morgan fingerprint density at radius 2 is 2.29 bits per heavy atom. The zero-order valence-electron chi connectivity index (χ0n) is 9.77. The first kappa shape index (κ1) is 14.5. The minimum Gasteiger partial charge on any atom is -0.465 e. The van der Waals surface area contributed by atoms with Gasteiger partial charge in [0.15, 0.2) is 0 Å². The molecule has 0 saturated heterocycles. The third-order valence-electron chi connectivity index (χ3n) is 2.25. The van der Waals surface area contributed by atoms with Crippen LogP contribution in [0, 0.1) is 0 Å². The minimum absolute atomic E-state index is 0.169. The van der Waals surface area contributed by atoms with Crippen LogP contribution in [-0.2, 0) is 10.5 Å². The van der Waals surface area contributed by atoms with E-state index in [9.17, 15) is 4.79 Å². The fourth-order valence-electron chi connectivity index (χ4n) is 1.19. The summed E-state index contributed by atoms with van der Waals surface area (Å²) in [6, 6.07) is 5.40. The van der Waals surface area contributed by atoms with Gasteiger partial charge < -0.3 is 9.84 Å². The first-order valence-electron chi connectivity index (χ1n) is 5.17. The van der Waals surface area contributed by atoms with Crippen molar-refractivity contribution in [2.24, 2.45) is 0 Å². The van der Waals surface area contributed by atoms with Crippen LogP contribution in [0.25, 0.3) is 0 Å². The van der Waals surface area contributed by atoms with Gasteiger partial charge in [-0.15, -0.1) is 0 Å². The molecule has 0 aliphatic carbocycles. The van der Waals surface area contributed by atoms with Crippen LogP contribution in [-0.4, -0.2) is 30.0 Å². The average Bonchev–Trinajstić information content (AvgIpc) is 2.35. The van der Waals surface area contributed by atoms with E-state index in [1.54, 1.807) is 23.9 Å². The standard InChI is InChI=1S/C12H15BrO3S/c1-8(6-14)17-7-10-4-3-9(5-11(10)13)12(15)16-2/h3-5,8,14H,6-7H2,1-2H3. The average molecular weight is 319 g/mol. The predicted molar refractivity (Wildman–Crippen MR) is 73.3 cm³/mol. The van der Waals surface area contributed by atoms with Crippen molar-refractivity contribution in [2.75, 3.05) is 13.7 Å². The molecular formula is C12H15BrO3S. The lowest BCUT2D eigenvalue weighted by Gasteiger charge is -2.09. The number of hydrogen-bond donors (Lipinski definition) is 1. The van der Waals surface area contributed by atoms with Gasteiger partial charge >= 0.3 is 5.97 Å². The molecule has 0 fully saturated rings. The molecular weight excluding hydrogens is 304 g/mol. The molecule has 0 aromatic heterocycles. The summed E-state index contributed by atoms with van der Waals surface area (Å²) in [5, 5.41) is 9.15. The summed E-state index contributed by atoms with van der Waals surface area (Å²) in [7, 11) is 1.36. The highest BCUT2D eigenvalue weighted by Gasteiger charge is 2.09. The molecule has 0 aliphatic heterocycles. The van der Waals surface area contributed by atoms with Crippen molar-refractivity contribution in [2.45, 2.75) is 17.9 Å². The lowest BCUT2D eigenvalue weighted by molar-refractivity contribution is 0.0600. The molecule has 1 aromatic rings. The van der Waals surface area contributed by atoms with Crippen LogP contribution in [0.15, 0.2) is 22.7 Å². The van der Waals surface area contributed by atoms with Crippen LogP contribution in [0.1, 0.15) is 22.8 Å². The van der Waals surface area contributed by atoms with Crippen LogP contribution in [0.5, 0.6) is 0 Å². The normalized spacial score (nSPS) is 12.2. The highest BCUT2D eigenvalue weighted by molar-refractivity contribution is 9.10. The number of aliphatic hydroxyl groups is 1. The summed E-state index contributed by atoms with van der Waals surface area (Å²) in [4.78, 5) is 11.3. The number of methoxy groups -OCH3 is 1. The zero-order chi connectivity index (χ0) is 12.8. The maximum Gasteiger partial charge on any atom is 0.337 e. The fraction of sp³-hybridized carbons (Fsp3) is 0.417. The third kappa shape index (κ3) is 4.33. The molecule has 0 saturated carbocycles. The number of carbonyl (C=O) groups is 1. The van der Waals surface area contributed by atoms with Crippen LogP contribution >= 0.6 is 27.7 Å². The Kier molecular flexibility index (Phi) is 6.02. The summed E-state index contributed by atoms with van der Waals surface area (Å²) < 4.78 is 5.54. The molecule has 1 rings (SSSR count). The largest absolute Gasteiger partial charge is 0.465 e. The number of hydrogen-bond acceptors (Lipinski definition) is 4. The molecule has 0 radical (unpaired) electrons. The van der Waals surface area contributed by atoms with Crippen LogP contribution in [0.3, 0.4) is 0 Å². The molecule has 1 aromatic carbocycles. The van der Waals surface area contributed by atoms with Crippen molar-refractivity contribution in [1.82, 2.24) is 0 Å². The molecule has 94 valence electrons. The molecule has 0 spiro atoms. The number of halogens is 1. The van der Waals surface area contributed by atoms with Crippen molar-refractivity contribution in [3.8, 4) is 0 Å². The second-order valence-corrected chi connectivity index (χ2v) is 5.88. The van der Waals surface area contributed by atoms with Crippen LogP contribution in [0.2, 0.25) is 0 Å². The van der Waals surface area contributed by atoms with Crippen LogP contribution < -0.4 is 0 Å². The monoisotopic (exact) mass is 318 g/mol. The van der Waals surface area contributed by atoms with Gasteiger partial charge in [-0.05, 0) is 17.7 Å². The van der Waals surface area contributed by atoms with E-state index in [-0.39, 0.29) is 17.8 Å². The lowest BCUT2D eigenvalue weighted by atomic mass is 10.1. The zero-order valence-corrected chi connectivity index (χ0v) is 12.2. The molecule has 0 heterocycles. The molecule has 1 atom stereocenters. The van der Waals surface area contributed by atoms with E-state index in [1.807, 2.05) is 13.0 Å². The van der Waals surface area contributed by atoms with Gasteiger partial charge in [0.1, 0.15) is 0 Å². The van der Waals surface area contributed by atoms with Crippen molar-refractivity contribution >= 4 is 33.7 Å². The molecule has 1 N–H and O–H groups in total. The molecule has 0 aliphatic rings. The number of carbonyl (C=O) groups excluding carboxylic acids is 1. The van der Waals surface area contributed by atoms with Gasteiger partial charge in [-0.1, -0.05) is 28.9 Å². The second kappa shape index (κ2) is 7.03. The topological polar surface area (TPSA) is 46.5 Å². The maximum absolute atomic E-state index is 11.3. The summed E-state index contributed by atoms with van der Waals surface area (Å²) >= 11 is 5.10. The molecule has 17 heavy (non-hydrogen) atoms. The first-order chi connectivity index (χ1) is 8.08. The number of esters is 1. The highest BCUT2D eigenvalue weighted by Crippen LogP contribution is 2.25.